The van der Waals surface area contributed by atoms with E-state index in [1.807, 2.05) is 25.1 Å². The minimum Gasteiger partial charge on any atom is -0.300 e. The van der Waals surface area contributed by atoms with Gasteiger partial charge in [0.05, 0.1) is 5.92 Å². The van der Waals surface area contributed by atoms with E-state index in [-0.39, 0.29) is 17.9 Å². The second-order valence-corrected chi connectivity index (χ2v) is 6.53. The van der Waals surface area contributed by atoms with Crippen LogP contribution < -0.4 is 5.32 Å². The molecule has 0 aliphatic carbocycles. The zero-order valence-electron chi connectivity index (χ0n) is 12.1. The van der Waals surface area contributed by atoms with Gasteiger partial charge in [-0.15, -0.1) is 10.2 Å². The van der Waals surface area contributed by atoms with Gasteiger partial charge in [-0.05, 0) is 32.5 Å². The smallest absolute Gasteiger partial charge is 0.231 e. The summed E-state index contributed by atoms with van der Waals surface area (Å²) in [6.45, 7) is 2.80. The zero-order chi connectivity index (χ0) is 14.8. The number of carbonyl (C=O) groups is 1. The van der Waals surface area contributed by atoms with Crippen molar-refractivity contribution in [2.24, 2.45) is 5.92 Å². The molecule has 2 heterocycles. The molecule has 1 saturated heterocycles. The van der Waals surface area contributed by atoms with Gasteiger partial charge < -0.3 is 5.32 Å². The van der Waals surface area contributed by atoms with Gasteiger partial charge in [0.2, 0.25) is 11.0 Å². The Balaban J connectivity index is 1.78. The van der Waals surface area contributed by atoms with Crippen molar-refractivity contribution in [1.29, 1.82) is 0 Å². The summed E-state index contributed by atoms with van der Waals surface area (Å²) in [4.78, 5) is 14.8. The van der Waals surface area contributed by atoms with Crippen LogP contribution in [0.1, 0.15) is 23.0 Å². The lowest BCUT2D eigenvalue weighted by Crippen LogP contribution is -2.29. The number of likely N-dealkylation sites (tertiary alicyclic amines) is 1. The van der Waals surface area contributed by atoms with Crippen LogP contribution in [0.2, 0.25) is 0 Å². The first-order chi connectivity index (χ1) is 10.1. The highest BCUT2D eigenvalue weighted by Gasteiger charge is 2.37. The Hall–Kier alpha value is -1.79. The largest absolute Gasteiger partial charge is 0.300 e. The van der Waals surface area contributed by atoms with E-state index in [2.05, 4.69) is 39.6 Å². The number of nitrogens with zero attached hydrogens (tertiary/aromatic N) is 3. The Morgan fingerprint density at radius 2 is 2.10 bits per heavy atom. The first-order valence-electron chi connectivity index (χ1n) is 7.01. The highest BCUT2D eigenvalue weighted by atomic mass is 32.1. The average molecular weight is 302 g/mol. The molecule has 5 nitrogen and oxygen atoms in total. The molecule has 0 unspecified atom stereocenters. The number of anilines is 1. The van der Waals surface area contributed by atoms with Crippen LogP contribution in [-0.4, -0.2) is 34.6 Å². The van der Waals surface area contributed by atoms with Gasteiger partial charge in [0.15, 0.2) is 0 Å². The van der Waals surface area contributed by atoms with Crippen molar-refractivity contribution in [3.8, 4) is 0 Å². The molecule has 1 aliphatic heterocycles. The fraction of sp³-hybridized carbons (Fsp3) is 0.400. The molecule has 0 saturated carbocycles. The lowest BCUT2D eigenvalue weighted by molar-refractivity contribution is -0.120. The lowest BCUT2D eigenvalue weighted by atomic mass is 9.93. The molecular formula is C15H18N4OS. The Kier molecular flexibility index (Phi) is 3.98. The van der Waals surface area contributed by atoms with E-state index in [4.69, 9.17) is 0 Å². The zero-order valence-corrected chi connectivity index (χ0v) is 12.9. The van der Waals surface area contributed by atoms with Crippen molar-refractivity contribution in [1.82, 2.24) is 15.1 Å². The first-order valence-corrected chi connectivity index (χ1v) is 7.83. The summed E-state index contributed by atoms with van der Waals surface area (Å²) in [6.07, 6.45) is 0.861. The van der Waals surface area contributed by atoms with E-state index in [0.29, 0.717) is 5.13 Å². The van der Waals surface area contributed by atoms with E-state index in [1.54, 1.807) is 0 Å². The predicted molar refractivity (Wildman–Crippen MR) is 83.2 cm³/mol. The molecule has 110 valence electrons. The van der Waals surface area contributed by atoms with Crippen LogP contribution in [0.3, 0.4) is 0 Å². The Morgan fingerprint density at radius 3 is 2.76 bits per heavy atom. The lowest BCUT2D eigenvalue weighted by Gasteiger charge is -2.24. The molecule has 3 rings (SSSR count). The van der Waals surface area contributed by atoms with E-state index < -0.39 is 0 Å². The molecule has 21 heavy (non-hydrogen) atoms. The van der Waals surface area contributed by atoms with Crippen LogP contribution >= 0.6 is 11.3 Å². The minimum atomic E-state index is -0.0541. The van der Waals surface area contributed by atoms with Crippen molar-refractivity contribution < 1.29 is 4.79 Å². The topological polar surface area (TPSA) is 58.1 Å². The Morgan fingerprint density at radius 1 is 1.33 bits per heavy atom. The number of nitrogens with one attached hydrogen (secondary N) is 1. The van der Waals surface area contributed by atoms with Crippen molar-refractivity contribution >= 4 is 22.4 Å². The number of benzene rings is 1. The summed E-state index contributed by atoms with van der Waals surface area (Å²) >= 11 is 1.40. The summed E-state index contributed by atoms with van der Waals surface area (Å²) < 4.78 is 0. The van der Waals surface area contributed by atoms with Crippen molar-refractivity contribution in [3.05, 3.63) is 40.9 Å². The number of hydrogen-bond donors (Lipinski definition) is 1. The molecule has 2 aromatic rings. The second kappa shape index (κ2) is 5.91. The normalized spacial score (nSPS) is 22.4. The minimum absolute atomic E-state index is 0.0318. The molecule has 1 amide bonds. The maximum Gasteiger partial charge on any atom is 0.231 e. The van der Waals surface area contributed by atoms with Crippen LogP contribution in [0, 0.1) is 12.8 Å². The fourth-order valence-corrected chi connectivity index (χ4v) is 3.50. The monoisotopic (exact) mass is 302 g/mol. The van der Waals surface area contributed by atoms with Crippen molar-refractivity contribution in [3.63, 3.8) is 0 Å². The molecule has 1 N–H and O–H groups in total. The van der Waals surface area contributed by atoms with Crippen molar-refractivity contribution in [2.45, 2.75) is 19.4 Å². The van der Waals surface area contributed by atoms with Crippen LogP contribution in [-0.2, 0) is 4.79 Å². The van der Waals surface area contributed by atoms with Gasteiger partial charge in [-0.25, -0.2) is 0 Å². The molecule has 0 spiro atoms. The molecule has 0 bridgehead atoms. The molecule has 1 aromatic heterocycles. The highest BCUT2D eigenvalue weighted by Crippen LogP contribution is 2.36. The van der Waals surface area contributed by atoms with Gasteiger partial charge in [-0.1, -0.05) is 41.7 Å². The second-order valence-electron chi connectivity index (χ2n) is 5.35. The van der Waals surface area contributed by atoms with Gasteiger partial charge in [0.1, 0.15) is 5.01 Å². The summed E-state index contributed by atoms with van der Waals surface area (Å²) in [6, 6.07) is 10.3. The average Bonchev–Trinajstić information content (AvgIpc) is 3.06. The maximum atomic E-state index is 12.6. The van der Waals surface area contributed by atoms with Gasteiger partial charge in [-0.2, -0.15) is 0 Å². The fourth-order valence-electron chi connectivity index (χ4n) is 2.90. The summed E-state index contributed by atoms with van der Waals surface area (Å²) in [5, 5.41) is 12.2. The number of aryl methyl sites for hydroxylation is 1. The number of hydrogen-bond acceptors (Lipinski definition) is 5. The molecule has 6 heteroatoms. The van der Waals surface area contributed by atoms with Gasteiger partial charge >= 0.3 is 0 Å². The van der Waals surface area contributed by atoms with Crippen LogP contribution in [0.5, 0.6) is 0 Å². The summed E-state index contributed by atoms with van der Waals surface area (Å²) in [5.41, 5.74) is 1.19. The Bertz CT molecular complexity index is 628. The molecule has 2 atom stereocenters. The van der Waals surface area contributed by atoms with E-state index in [0.717, 1.165) is 18.0 Å². The molecule has 1 aliphatic rings. The first kappa shape index (κ1) is 14.2. The van der Waals surface area contributed by atoms with E-state index >= 15 is 0 Å². The maximum absolute atomic E-state index is 12.6. The molecule has 0 radical (unpaired) electrons. The third kappa shape index (κ3) is 2.96. The SMILES string of the molecule is Cc1nnc(NC(=O)[C@H]2CCN(C)[C@H]2c2ccccc2)s1. The highest BCUT2D eigenvalue weighted by molar-refractivity contribution is 7.15. The molecule has 1 aromatic carbocycles. The third-order valence-electron chi connectivity index (χ3n) is 3.88. The summed E-state index contributed by atoms with van der Waals surface area (Å²) in [5.74, 6) is -0.0223. The number of carbonyl (C=O) groups excluding carboxylic acids is 1. The number of amides is 1. The van der Waals surface area contributed by atoms with Gasteiger partial charge in [-0.3, -0.25) is 9.69 Å². The van der Waals surface area contributed by atoms with Crippen LogP contribution in [0.25, 0.3) is 0 Å². The van der Waals surface area contributed by atoms with Crippen LogP contribution in [0.4, 0.5) is 5.13 Å². The number of rotatable bonds is 3. The molecule has 1 fully saturated rings. The van der Waals surface area contributed by atoms with Crippen LogP contribution in [0.15, 0.2) is 30.3 Å². The van der Waals surface area contributed by atoms with E-state index in [1.165, 1.54) is 16.9 Å². The quantitative estimate of drug-likeness (QED) is 0.946. The summed E-state index contributed by atoms with van der Waals surface area (Å²) in [7, 11) is 2.07. The molecular weight excluding hydrogens is 284 g/mol. The van der Waals surface area contributed by atoms with E-state index in [9.17, 15) is 4.79 Å². The van der Waals surface area contributed by atoms with Gasteiger partial charge in [0, 0.05) is 6.04 Å². The Labute approximate surface area is 128 Å². The van der Waals surface area contributed by atoms with Gasteiger partial charge in [0.25, 0.3) is 0 Å². The predicted octanol–water partition coefficient (Wildman–Crippen LogP) is 2.48. The standard InChI is InChI=1S/C15H18N4OS/c1-10-17-18-15(21-10)16-14(20)12-8-9-19(2)13(12)11-6-4-3-5-7-11/h3-7,12-13H,8-9H2,1-2H3,(H,16,18,20)/t12-,13-/m0/s1. The number of aromatic nitrogens is 2. The van der Waals surface area contributed by atoms with Crippen molar-refractivity contribution in [2.75, 3.05) is 18.9 Å². The third-order valence-corrected chi connectivity index (χ3v) is 4.64.